The lowest BCUT2D eigenvalue weighted by molar-refractivity contribution is -0.143. The number of benzene rings is 1. The summed E-state index contributed by atoms with van der Waals surface area (Å²) in [6.45, 7) is 2.78. The summed E-state index contributed by atoms with van der Waals surface area (Å²) in [6.07, 6.45) is 6.06. The molecule has 7 nitrogen and oxygen atoms in total. The van der Waals surface area contributed by atoms with Crippen LogP contribution in [0.5, 0.6) is 0 Å². The molecule has 0 spiro atoms. The van der Waals surface area contributed by atoms with Gasteiger partial charge in [0.2, 0.25) is 5.95 Å². The number of nitrogens with one attached hydrogen (secondary N) is 1. The number of fused-ring (bicyclic) bond motifs is 1. The van der Waals surface area contributed by atoms with E-state index in [9.17, 15) is 9.90 Å². The summed E-state index contributed by atoms with van der Waals surface area (Å²) in [6, 6.07) is 6.55. The third kappa shape index (κ3) is 3.61. The number of H-pyrrole nitrogens is 1. The second kappa shape index (κ2) is 7.54. The van der Waals surface area contributed by atoms with Crippen LogP contribution in [0, 0.1) is 0 Å². The molecule has 0 unspecified atom stereocenters. The second-order valence-corrected chi connectivity index (χ2v) is 7.04. The van der Waals surface area contributed by atoms with Crippen LogP contribution >= 0.6 is 11.6 Å². The van der Waals surface area contributed by atoms with Crippen LogP contribution < -0.4 is 4.90 Å². The minimum Gasteiger partial charge on any atom is -0.480 e. The Hall–Kier alpha value is -2.64. The van der Waals surface area contributed by atoms with Gasteiger partial charge in [-0.1, -0.05) is 11.6 Å². The number of aromatic nitrogens is 3. The lowest BCUT2D eigenvalue weighted by atomic mass is 10.0. The van der Waals surface area contributed by atoms with Crippen LogP contribution in [0.1, 0.15) is 18.0 Å². The van der Waals surface area contributed by atoms with Gasteiger partial charge < -0.3 is 15.0 Å². The number of carbonyl (C=O) groups is 1. The van der Waals surface area contributed by atoms with Crippen molar-refractivity contribution in [3.8, 4) is 0 Å². The molecule has 1 atom stereocenters. The van der Waals surface area contributed by atoms with Crippen molar-refractivity contribution in [3.05, 3.63) is 53.4 Å². The molecule has 0 radical (unpaired) electrons. The van der Waals surface area contributed by atoms with Crippen molar-refractivity contribution in [2.24, 2.45) is 0 Å². The Bertz CT molecular complexity index is 946. The number of hydrogen-bond donors (Lipinski definition) is 2. The summed E-state index contributed by atoms with van der Waals surface area (Å²) in [5.41, 5.74) is 1.62. The number of hydrogen-bond acceptors (Lipinski definition) is 5. The van der Waals surface area contributed by atoms with Crippen molar-refractivity contribution in [3.63, 3.8) is 0 Å². The molecule has 4 rings (SSSR count). The minimum atomic E-state index is -0.861. The monoisotopic (exact) mass is 385 g/mol. The third-order valence-corrected chi connectivity index (χ3v) is 5.17. The number of rotatable bonds is 4. The van der Waals surface area contributed by atoms with Crippen molar-refractivity contribution < 1.29 is 9.90 Å². The topological polar surface area (TPSA) is 85.4 Å². The number of aliphatic carboxylic acids is 1. The van der Waals surface area contributed by atoms with Gasteiger partial charge in [-0.05, 0) is 30.7 Å². The van der Waals surface area contributed by atoms with Crippen LogP contribution in [0.2, 0.25) is 5.02 Å². The SMILES string of the molecule is O=C(O)[C@@H](c1c[nH]c2ccc(Cl)cc12)N1CCCN(c2ncccn2)CC1. The first-order valence-corrected chi connectivity index (χ1v) is 9.26. The quantitative estimate of drug-likeness (QED) is 0.718. The van der Waals surface area contributed by atoms with E-state index in [0.29, 0.717) is 30.6 Å². The zero-order valence-corrected chi connectivity index (χ0v) is 15.4. The van der Waals surface area contributed by atoms with Crippen LogP contribution in [-0.2, 0) is 4.79 Å². The first-order chi connectivity index (χ1) is 13.1. The third-order valence-electron chi connectivity index (χ3n) is 4.93. The van der Waals surface area contributed by atoms with E-state index in [0.717, 1.165) is 29.4 Å². The van der Waals surface area contributed by atoms with Gasteiger partial charge in [0.15, 0.2) is 0 Å². The van der Waals surface area contributed by atoms with Gasteiger partial charge in [0.1, 0.15) is 6.04 Å². The normalized spacial score (nSPS) is 17.0. The molecule has 0 saturated carbocycles. The zero-order valence-electron chi connectivity index (χ0n) is 14.7. The molecule has 1 fully saturated rings. The molecule has 0 amide bonds. The molecular weight excluding hydrogens is 366 g/mol. The molecule has 1 aliphatic rings. The van der Waals surface area contributed by atoms with Crippen molar-refractivity contribution in [2.45, 2.75) is 12.5 Å². The zero-order chi connectivity index (χ0) is 18.8. The van der Waals surface area contributed by atoms with Crippen LogP contribution in [0.15, 0.2) is 42.9 Å². The summed E-state index contributed by atoms with van der Waals surface area (Å²) in [5, 5.41) is 11.4. The van der Waals surface area contributed by atoms with E-state index in [1.807, 2.05) is 17.0 Å². The van der Waals surface area contributed by atoms with Crippen LogP contribution in [0.3, 0.4) is 0 Å². The molecular formula is C19H20ClN5O2. The Balaban J connectivity index is 1.61. The Morgan fingerprint density at radius 1 is 1.19 bits per heavy atom. The summed E-state index contributed by atoms with van der Waals surface area (Å²) in [4.78, 5) is 28.1. The van der Waals surface area contributed by atoms with Gasteiger partial charge in [-0.2, -0.15) is 0 Å². The van der Waals surface area contributed by atoms with E-state index < -0.39 is 12.0 Å². The highest BCUT2D eigenvalue weighted by Crippen LogP contribution is 2.31. The molecule has 0 bridgehead atoms. The van der Waals surface area contributed by atoms with E-state index in [2.05, 4.69) is 19.9 Å². The highest BCUT2D eigenvalue weighted by atomic mass is 35.5. The van der Waals surface area contributed by atoms with Crippen LogP contribution in [-0.4, -0.2) is 57.1 Å². The highest BCUT2D eigenvalue weighted by molar-refractivity contribution is 6.31. The molecule has 140 valence electrons. The standard InChI is InChI=1S/C19H20ClN5O2/c20-13-3-4-16-14(11-13)15(12-23-16)17(18(26)27)24-7-2-8-25(10-9-24)19-21-5-1-6-22-19/h1,3-6,11-12,17,23H,2,7-10H2,(H,26,27)/t17-/m1/s1. The molecule has 1 aromatic carbocycles. The van der Waals surface area contributed by atoms with E-state index in [4.69, 9.17) is 11.6 Å². The molecule has 27 heavy (non-hydrogen) atoms. The molecule has 3 heterocycles. The van der Waals surface area contributed by atoms with Crippen molar-refractivity contribution in [1.82, 2.24) is 19.9 Å². The largest absolute Gasteiger partial charge is 0.480 e. The molecule has 1 aliphatic heterocycles. The predicted molar refractivity (Wildman–Crippen MR) is 104 cm³/mol. The molecule has 8 heteroatoms. The number of aromatic amines is 1. The molecule has 2 N–H and O–H groups in total. The average molecular weight is 386 g/mol. The van der Waals surface area contributed by atoms with Gasteiger partial charge in [0, 0.05) is 66.3 Å². The number of carboxylic acid groups (broad SMARTS) is 1. The fourth-order valence-corrected chi connectivity index (χ4v) is 3.85. The lowest BCUT2D eigenvalue weighted by Gasteiger charge is -2.27. The smallest absolute Gasteiger partial charge is 0.325 e. The Morgan fingerprint density at radius 3 is 2.78 bits per heavy atom. The number of carboxylic acids is 1. The Morgan fingerprint density at radius 2 is 2.00 bits per heavy atom. The van der Waals surface area contributed by atoms with Crippen molar-refractivity contribution in [1.29, 1.82) is 0 Å². The maximum atomic E-state index is 12.2. The summed E-state index contributed by atoms with van der Waals surface area (Å²) < 4.78 is 0. The number of halogens is 1. The van der Waals surface area contributed by atoms with Gasteiger partial charge >= 0.3 is 5.97 Å². The Kier molecular flexibility index (Phi) is 4.96. The van der Waals surface area contributed by atoms with Crippen LogP contribution in [0.25, 0.3) is 10.9 Å². The maximum Gasteiger partial charge on any atom is 0.325 e. The second-order valence-electron chi connectivity index (χ2n) is 6.60. The molecule has 2 aromatic heterocycles. The van der Waals surface area contributed by atoms with Crippen molar-refractivity contribution in [2.75, 3.05) is 31.1 Å². The summed E-state index contributed by atoms with van der Waals surface area (Å²) in [5.74, 6) is -0.176. The fourth-order valence-electron chi connectivity index (χ4n) is 3.68. The first kappa shape index (κ1) is 17.8. The van der Waals surface area contributed by atoms with E-state index in [1.165, 1.54) is 0 Å². The van der Waals surface area contributed by atoms with Crippen molar-refractivity contribution >= 4 is 34.4 Å². The van der Waals surface area contributed by atoms with Gasteiger partial charge in [0.25, 0.3) is 0 Å². The number of anilines is 1. The molecule has 1 saturated heterocycles. The minimum absolute atomic E-state index is 0.593. The summed E-state index contributed by atoms with van der Waals surface area (Å²) in [7, 11) is 0. The Labute approximate surface area is 161 Å². The van der Waals surface area contributed by atoms with Gasteiger partial charge in [-0.15, -0.1) is 0 Å². The molecule has 3 aromatic rings. The van der Waals surface area contributed by atoms with Gasteiger partial charge in [-0.3, -0.25) is 9.69 Å². The van der Waals surface area contributed by atoms with Gasteiger partial charge in [-0.25, -0.2) is 9.97 Å². The fraction of sp³-hybridized carbons (Fsp3) is 0.316. The average Bonchev–Trinajstić information content (AvgIpc) is 2.91. The first-order valence-electron chi connectivity index (χ1n) is 8.89. The lowest BCUT2D eigenvalue weighted by Crippen LogP contribution is -2.37. The van der Waals surface area contributed by atoms with E-state index in [1.54, 1.807) is 30.7 Å². The van der Waals surface area contributed by atoms with Gasteiger partial charge in [0.05, 0.1) is 0 Å². The molecule has 0 aliphatic carbocycles. The van der Waals surface area contributed by atoms with E-state index >= 15 is 0 Å². The summed E-state index contributed by atoms with van der Waals surface area (Å²) >= 11 is 6.14. The maximum absolute atomic E-state index is 12.2. The van der Waals surface area contributed by atoms with E-state index in [-0.39, 0.29) is 0 Å². The number of nitrogens with zero attached hydrogens (tertiary/aromatic N) is 4. The predicted octanol–water partition coefficient (Wildman–Crippen LogP) is 2.95. The van der Waals surface area contributed by atoms with Crippen LogP contribution in [0.4, 0.5) is 5.95 Å². The highest BCUT2D eigenvalue weighted by Gasteiger charge is 2.31.